The second-order valence-electron chi connectivity index (χ2n) is 6.01. The Morgan fingerprint density at radius 3 is 2.60 bits per heavy atom. The average Bonchev–Trinajstić information content (AvgIpc) is 3.04. The van der Waals surface area contributed by atoms with Gasteiger partial charge in [0, 0.05) is 16.1 Å². The number of aryl methyl sites for hydroxylation is 1. The highest BCUT2D eigenvalue weighted by atomic mass is 35.5. The lowest BCUT2D eigenvalue weighted by atomic mass is 10.2. The Labute approximate surface area is 151 Å². The standard InChI is InChI=1S/C21H17ClN2O/c1-14-6-11-19-20(12-14)24-21(23-19)15-7-9-17(10-8-15)25-13-16-4-2-3-5-18(16)22/h2-12H,13H2,1H3,(H,23,24). The highest BCUT2D eigenvalue weighted by molar-refractivity contribution is 6.31. The van der Waals surface area contributed by atoms with E-state index in [9.17, 15) is 0 Å². The van der Waals surface area contributed by atoms with Gasteiger partial charge in [-0.25, -0.2) is 4.98 Å². The number of nitrogens with one attached hydrogen (secondary N) is 1. The Balaban J connectivity index is 1.52. The zero-order chi connectivity index (χ0) is 17.2. The van der Waals surface area contributed by atoms with Crippen LogP contribution in [0.15, 0.2) is 66.7 Å². The number of hydrogen-bond acceptors (Lipinski definition) is 2. The molecule has 124 valence electrons. The van der Waals surface area contributed by atoms with Gasteiger partial charge in [0.25, 0.3) is 0 Å². The fourth-order valence-electron chi connectivity index (χ4n) is 2.75. The van der Waals surface area contributed by atoms with E-state index < -0.39 is 0 Å². The molecule has 1 N–H and O–H groups in total. The molecule has 0 amide bonds. The number of rotatable bonds is 4. The number of halogens is 1. The maximum Gasteiger partial charge on any atom is 0.138 e. The largest absolute Gasteiger partial charge is 0.489 e. The molecule has 0 fully saturated rings. The number of ether oxygens (including phenoxy) is 1. The van der Waals surface area contributed by atoms with Crippen LogP contribution in [-0.4, -0.2) is 9.97 Å². The molecule has 0 bridgehead atoms. The number of aromatic nitrogens is 2. The topological polar surface area (TPSA) is 37.9 Å². The molecular weight excluding hydrogens is 332 g/mol. The van der Waals surface area contributed by atoms with E-state index in [2.05, 4.69) is 29.0 Å². The Morgan fingerprint density at radius 2 is 1.80 bits per heavy atom. The van der Waals surface area contributed by atoms with Gasteiger partial charge in [-0.05, 0) is 55.0 Å². The molecule has 0 unspecified atom stereocenters. The Morgan fingerprint density at radius 1 is 1.00 bits per heavy atom. The second-order valence-corrected chi connectivity index (χ2v) is 6.42. The van der Waals surface area contributed by atoms with Crippen molar-refractivity contribution in [2.24, 2.45) is 0 Å². The van der Waals surface area contributed by atoms with Crippen LogP contribution in [-0.2, 0) is 6.61 Å². The summed E-state index contributed by atoms with van der Waals surface area (Å²) in [5.41, 5.74) is 5.24. The first kappa shape index (κ1) is 15.7. The smallest absolute Gasteiger partial charge is 0.138 e. The first-order chi connectivity index (χ1) is 12.2. The van der Waals surface area contributed by atoms with E-state index in [1.165, 1.54) is 5.56 Å². The summed E-state index contributed by atoms with van der Waals surface area (Å²) in [5.74, 6) is 1.66. The molecule has 3 nitrogen and oxygen atoms in total. The van der Waals surface area contributed by atoms with Crippen LogP contribution in [0.4, 0.5) is 0 Å². The summed E-state index contributed by atoms with van der Waals surface area (Å²) in [4.78, 5) is 8.01. The number of fused-ring (bicyclic) bond motifs is 1. The number of benzene rings is 3. The van der Waals surface area contributed by atoms with Gasteiger partial charge < -0.3 is 9.72 Å². The number of hydrogen-bond donors (Lipinski definition) is 1. The molecule has 0 atom stereocenters. The van der Waals surface area contributed by atoms with E-state index in [0.717, 1.165) is 38.8 Å². The summed E-state index contributed by atoms with van der Waals surface area (Å²) in [6, 6.07) is 21.8. The second kappa shape index (κ2) is 6.61. The molecule has 4 rings (SSSR count). The van der Waals surface area contributed by atoms with Crippen LogP contribution in [0.5, 0.6) is 5.75 Å². The van der Waals surface area contributed by atoms with Crippen molar-refractivity contribution >= 4 is 22.6 Å². The molecule has 3 aromatic carbocycles. The monoisotopic (exact) mass is 348 g/mol. The van der Waals surface area contributed by atoms with Gasteiger partial charge in [-0.2, -0.15) is 0 Å². The minimum Gasteiger partial charge on any atom is -0.489 e. The van der Waals surface area contributed by atoms with Gasteiger partial charge in [-0.1, -0.05) is 35.9 Å². The normalized spacial score (nSPS) is 11.0. The molecule has 4 aromatic rings. The molecular formula is C21H17ClN2O. The number of aromatic amines is 1. The van der Waals surface area contributed by atoms with E-state index in [0.29, 0.717) is 6.61 Å². The van der Waals surface area contributed by atoms with Gasteiger partial charge in [-0.3, -0.25) is 0 Å². The van der Waals surface area contributed by atoms with Crippen LogP contribution < -0.4 is 4.74 Å². The summed E-state index contributed by atoms with van der Waals surface area (Å²) in [6.07, 6.45) is 0. The maximum absolute atomic E-state index is 6.15. The minimum atomic E-state index is 0.447. The highest BCUT2D eigenvalue weighted by Crippen LogP contribution is 2.24. The zero-order valence-electron chi connectivity index (χ0n) is 13.8. The van der Waals surface area contributed by atoms with E-state index >= 15 is 0 Å². The molecule has 0 saturated carbocycles. The first-order valence-corrected chi connectivity index (χ1v) is 8.50. The molecule has 4 heteroatoms. The summed E-state index contributed by atoms with van der Waals surface area (Å²) in [6.45, 7) is 2.52. The van der Waals surface area contributed by atoms with Crippen molar-refractivity contribution < 1.29 is 4.74 Å². The van der Waals surface area contributed by atoms with Crippen molar-refractivity contribution in [3.8, 4) is 17.1 Å². The van der Waals surface area contributed by atoms with Crippen molar-refractivity contribution in [2.75, 3.05) is 0 Å². The molecule has 0 saturated heterocycles. The van der Waals surface area contributed by atoms with Crippen LogP contribution in [0.1, 0.15) is 11.1 Å². The van der Waals surface area contributed by atoms with E-state index in [1.807, 2.05) is 54.6 Å². The molecule has 0 spiro atoms. The van der Waals surface area contributed by atoms with E-state index in [-0.39, 0.29) is 0 Å². The van der Waals surface area contributed by atoms with Gasteiger partial charge in [0.15, 0.2) is 0 Å². The van der Waals surface area contributed by atoms with Crippen molar-refractivity contribution in [2.45, 2.75) is 13.5 Å². The summed E-state index contributed by atoms with van der Waals surface area (Å²) in [7, 11) is 0. The third-order valence-electron chi connectivity index (χ3n) is 4.12. The van der Waals surface area contributed by atoms with Gasteiger partial charge >= 0.3 is 0 Å². The summed E-state index contributed by atoms with van der Waals surface area (Å²) < 4.78 is 5.82. The maximum atomic E-state index is 6.15. The molecule has 1 heterocycles. The zero-order valence-corrected chi connectivity index (χ0v) is 14.5. The van der Waals surface area contributed by atoms with E-state index in [1.54, 1.807) is 0 Å². The van der Waals surface area contributed by atoms with E-state index in [4.69, 9.17) is 16.3 Å². The van der Waals surface area contributed by atoms with Gasteiger partial charge in [0.1, 0.15) is 18.2 Å². The molecule has 25 heavy (non-hydrogen) atoms. The number of imidazole rings is 1. The van der Waals surface area contributed by atoms with Crippen LogP contribution in [0.25, 0.3) is 22.4 Å². The third kappa shape index (κ3) is 3.37. The van der Waals surface area contributed by atoms with Crippen LogP contribution in [0, 0.1) is 6.92 Å². The molecule has 0 radical (unpaired) electrons. The number of nitrogens with zero attached hydrogens (tertiary/aromatic N) is 1. The van der Waals surface area contributed by atoms with Gasteiger partial charge in [0.05, 0.1) is 11.0 Å². The highest BCUT2D eigenvalue weighted by Gasteiger charge is 2.06. The third-order valence-corrected chi connectivity index (χ3v) is 4.49. The molecule has 0 aliphatic rings. The van der Waals surface area contributed by atoms with Crippen molar-refractivity contribution in [1.82, 2.24) is 9.97 Å². The Kier molecular flexibility index (Phi) is 4.16. The fourth-order valence-corrected chi connectivity index (χ4v) is 2.94. The lowest BCUT2D eigenvalue weighted by Crippen LogP contribution is -1.96. The average molecular weight is 349 g/mol. The van der Waals surface area contributed by atoms with Crippen LogP contribution >= 0.6 is 11.6 Å². The SMILES string of the molecule is Cc1ccc2nc(-c3ccc(OCc4ccccc4Cl)cc3)[nH]c2c1. The van der Waals surface area contributed by atoms with Crippen molar-refractivity contribution in [3.05, 3.63) is 82.9 Å². The summed E-state index contributed by atoms with van der Waals surface area (Å²) in [5, 5.41) is 0.719. The Bertz CT molecular complexity index is 1020. The van der Waals surface area contributed by atoms with Gasteiger partial charge in [-0.15, -0.1) is 0 Å². The molecule has 0 aliphatic carbocycles. The molecule has 0 aliphatic heterocycles. The quantitative estimate of drug-likeness (QED) is 0.508. The van der Waals surface area contributed by atoms with Crippen molar-refractivity contribution in [3.63, 3.8) is 0 Å². The lowest BCUT2D eigenvalue weighted by molar-refractivity contribution is 0.306. The predicted molar refractivity (Wildman–Crippen MR) is 102 cm³/mol. The van der Waals surface area contributed by atoms with Crippen molar-refractivity contribution in [1.29, 1.82) is 0 Å². The van der Waals surface area contributed by atoms with Crippen LogP contribution in [0.3, 0.4) is 0 Å². The Hall–Kier alpha value is -2.78. The first-order valence-electron chi connectivity index (χ1n) is 8.12. The van der Waals surface area contributed by atoms with Crippen LogP contribution in [0.2, 0.25) is 5.02 Å². The van der Waals surface area contributed by atoms with Gasteiger partial charge in [0.2, 0.25) is 0 Å². The fraction of sp³-hybridized carbons (Fsp3) is 0.0952. The predicted octanol–water partition coefficient (Wildman–Crippen LogP) is 5.77. The summed E-state index contributed by atoms with van der Waals surface area (Å²) >= 11 is 6.15. The lowest BCUT2D eigenvalue weighted by Gasteiger charge is -2.08. The molecule has 1 aromatic heterocycles. The minimum absolute atomic E-state index is 0.447. The number of H-pyrrole nitrogens is 1.